The van der Waals surface area contributed by atoms with E-state index < -0.39 is 10.0 Å². The summed E-state index contributed by atoms with van der Waals surface area (Å²) >= 11 is 0. The molecule has 176 valence electrons. The summed E-state index contributed by atoms with van der Waals surface area (Å²) in [6.07, 6.45) is 3.63. The average molecular weight is 471 g/mol. The Morgan fingerprint density at radius 1 is 1.24 bits per heavy atom. The number of methoxy groups -OCH3 is 1. The number of carbonyl (C=O) groups is 1. The van der Waals surface area contributed by atoms with Gasteiger partial charge in [0.25, 0.3) is 0 Å². The Morgan fingerprint density at radius 2 is 2.06 bits per heavy atom. The molecule has 2 N–H and O–H groups in total. The summed E-state index contributed by atoms with van der Waals surface area (Å²) in [5.41, 5.74) is 2.52. The van der Waals surface area contributed by atoms with Gasteiger partial charge in [0.05, 0.1) is 29.1 Å². The van der Waals surface area contributed by atoms with Gasteiger partial charge in [-0.25, -0.2) is 18.5 Å². The molecule has 1 aliphatic heterocycles. The zero-order valence-corrected chi connectivity index (χ0v) is 19.8. The largest absolute Gasteiger partial charge is 0.497 e. The third-order valence-corrected chi connectivity index (χ3v) is 7.10. The van der Waals surface area contributed by atoms with E-state index in [9.17, 15) is 13.2 Å². The van der Waals surface area contributed by atoms with Crippen LogP contribution in [0.25, 0.3) is 11.0 Å². The first kappa shape index (κ1) is 23.3. The fourth-order valence-electron chi connectivity index (χ4n) is 4.62. The first-order chi connectivity index (χ1) is 15.8. The van der Waals surface area contributed by atoms with E-state index in [0.717, 1.165) is 55.0 Å². The van der Waals surface area contributed by atoms with Crippen molar-refractivity contribution in [1.82, 2.24) is 14.5 Å². The van der Waals surface area contributed by atoms with Crippen molar-refractivity contribution in [3.8, 4) is 5.75 Å². The number of fused-ring (bicyclic) bond motifs is 1. The second kappa shape index (κ2) is 9.52. The Hall–Kier alpha value is -2.91. The number of aryl methyl sites for hydroxylation is 2. The van der Waals surface area contributed by atoms with Gasteiger partial charge >= 0.3 is 0 Å². The van der Waals surface area contributed by atoms with Gasteiger partial charge in [-0.15, -0.1) is 0 Å². The molecule has 0 saturated carbocycles. The molecule has 1 fully saturated rings. The predicted molar refractivity (Wildman–Crippen MR) is 126 cm³/mol. The van der Waals surface area contributed by atoms with Gasteiger partial charge in [0.2, 0.25) is 15.9 Å². The molecule has 1 aliphatic rings. The van der Waals surface area contributed by atoms with E-state index >= 15 is 0 Å². The lowest BCUT2D eigenvalue weighted by atomic mass is 10.0. The van der Waals surface area contributed by atoms with Gasteiger partial charge in [-0.1, -0.05) is 19.1 Å². The van der Waals surface area contributed by atoms with Gasteiger partial charge in [0.15, 0.2) is 0 Å². The number of nitrogens with two attached hydrogens (primary N) is 1. The van der Waals surface area contributed by atoms with Gasteiger partial charge in [-0.05, 0) is 55.2 Å². The number of hydrogen-bond donors (Lipinski definition) is 1. The zero-order valence-electron chi connectivity index (χ0n) is 19.0. The van der Waals surface area contributed by atoms with Crippen molar-refractivity contribution in [3.63, 3.8) is 0 Å². The first-order valence-electron chi connectivity index (χ1n) is 11.3. The molecular weight excluding hydrogens is 440 g/mol. The lowest BCUT2D eigenvalue weighted by molar-refractivity contribution is -0.132. The number of nitrogens with zero attached hydrogens (tertiary/aromatic N) is 3. The summed E-state index contributed by atoms with van der Waals surface area (Å²) in [4.78, 5) is 19.8. The number of amides is 1. The van der Waals surface area contributed by atoms with Crippen LogP contribution in [-0.2, 0) is 27.8 Å². The molecule has 0 bridgehead atoms. The molecule has 0 spiro atoms. The fraction of sp³-hybridized carbons (Fsp3) is 0.417. The third kappa shape index (κ3) is 4.89. The van der Waals surface area contributed by atoms with E-state index in [1.165, 1.54) is 12.1 Å². The maximum absolute atomic E-state index is 13.2. The number of primary sulfonamides is 1. The molecule has 1 atom stereocenters. The highest BCUT2D eigenvalue weighted by molar-refractivity contribution is 7.89. The van der Waals surface area contributed by atoms with E-state index in [1.807, 2.05) is 29.2 Å². The molecule has 1 aromatic heterocycles. The summed E-state index contributed by atoms with van der Waals surface area (Å²) < 4.78 is 30.9. The van der Waals surface area contributed by atoms with E-state index in [-0.39, 0.29) is 16.8 Å². The highest BCUT2D eigenvalue weighted by Crippen LogP contribution is 2.34. The minimum Gasteiger partial charge on any atom is -0.497 e. The molecule has 1 amide bonds. The molecule has 33 heavy (non-hydrogen) atoms. The third-order valence-electron chi connectivity index (χ3n) is 6.19. The Labute approximate surface area is 194 Å². The number of benzene rings is 2. The number of aromatic nitrogens is 2. The van der Waals surface area contributed by atoms with Crippen molar-refractivity contribution < 1.29 is 17.9 Å². The number of carbonyl (C=O) groups excluding carboxylic acids is 1. The molecule has 2 aromatic carbocycles. The molecule has 0 radical (unpaired) electrons. The van der Waals surface area contributed by atoms with Gasteiger partial charge in [-0.2, -0.15) is 0 Å². The smallest absolute Gasteiger partial charge is 0.238 e. The van der Waals surface area contributed by atoms with E-state index in [2.05, 4.69) is 16.5 Å². The molecule has 1 saturated heterocycles. The van der Waals surface area contributed by atoms with Crippen molar-refractivity contribution in [1.29, 1.82) is 0 Å². The van der Waals surface area contributed by atoms with Crippen LogP contribution in [0, 0.1) is 0 Å². The standard InChI is InChI=1S/C24H30N4O4S/c1-3-13-27-22-10-9-19(33(25,30)31)16-20(22)26-23(27)11-12-24(29)28-14-5-8-21(28)17-6-4-7-18(15-17)32-2/h4,6-7,9-10,15-16,21H,3,5,8,11-14H2,1-2H3,(H2,25,30,31). The fourth-order valence-corrected chi connectivity index (χ4v) is 5.16. The van der Waals surface area contributed by atoms with Gasteiger partial charge < -0.3 is 14.2 Å². The minimum absolute atomic E-state index is 0.0389. The Kier molecular flexibility index (Phi) is 6.71. The highest BCUT2D eigenvalue weighted by atomic mass is 32.2. The van der Waals surface area contributed by atoms with Crippen LogP contribution in [0.3, 0.4) is 0 Å². The number of sulfonamides is 1. The molecule has 9 heteroatoms. The molecule has 3 aromatic rings. The van der Waals surface area contributed by atoms with Gasteiger partial charge in [0, 0.05) is 25.9 Å². The van der Waals surface area contributed by atoms with Gasteiger partial charge in [0.1, 0.15) is 11.6 Å². The highest BCUT2D eigenvalue weighted by Gasteiger charge is 2.30. The van der Waals surface area contributed by atoms with Gasteiger partial charge in [-0.3, -0.25) is 4.79 Å². The summed E-state index contributed by atoms with van der Waals surface area (Å²) in [6.45, 7) is 3.55. The normalized spacial score (nSPS) is 16.5. The number of imidazole rings is 1. The van der Waals surface area contributed by atoms with Crippen molar-refractivity contribution in [2.45, 2.75) is 56.5 Å². The van der Waals surface area contributed by atoms with Crippen molar-refractivity contribution in [2.24, 2.45) is 5.14 Å². The summed E-state index contributed by atoms with van der Waals surface area (Å²) in [6, 6.07) is 12.7. The molecule has 4 rings (SSSR count). The molecule has 2 heterocycles. The zero-order chi connectivity index (χ0) is 23.6. The van der Waals surface area contributed by atoms with Crippen LogP contribution in [0.5, 0.6) is 5.75 Å². The quantitative estimate of drug-likeness (QED) is 0.543. The van der Waals surface area contributed by atoms with E-state index in [0.29, 0.717) is 18.4 Å². The molecule has 8 nitrogen and oxygen atoms in total. The Morgan fingerprint density at radius 3 is 2.79 bits per heavy atom. The Balaban J connectivity index is 1.54. The number of likely N-dealkylation sites (tertiary alicyclic amines) is 1. The maximum Gasteiger partial charge on any atom is 0.238 e. The second-order valence-electron chi connectivity index (χ2n) is 8.40. The predicted octanol–water partition coefficient (Wildman–Crippen LogP) is 3.40. The molecule has 1 unspecified atom stereocenters. The Bertz CT molecular complexity index is 1270. The van der Waals surface area contributed by atoms with E-state index in [1.54, 1.807) is 13.2 Å². The number of rotatable bonds is 8. The van der Waals surface area contributed by atoms with E-state index in [4.69, 9.17) is 9.88 Å². The lowest BCUT2D eigenvalue weighted by Crippen LogP contribution is -2.31. The summed E-state index contributed by atoms with van der Waals surface area (Å²) in [5.74, 6) is 1.67. The van der Waals surface area contributed by atoms with Crippen molar-refractivity contribution in [2.75, 3.05) is 13.7 Å². The van der Waals surface area contributed by atoms with Crippen molar-refractivity contribution >= 4 is 27.0 Å². The second-order valence-corrected chi connectivity index (χ2v) is 9.96. The van der Waals surface area contributed by atoms with Crippen LogP contribution in [0.15, 0.2) is 47.4 Å². The van der Waals surface area contributed by atoms with Crippen LogP contribution in [0.1, 0.15) is 50.0 Å². The average Bonchev–Trinajstić information content (AvgIpc) is 3.42. The van der Waals surface area contributed by atoms with Crippen LogP contribution in [-0.4, -0.2) is 42.4 Å². The van der Waals surface area contributed by atoms with Crippen LogP contribution < -0.4 is 9.88 Å². The molecule has 0 aliphatic carbocycles. The maximum atomic E-state index is 13.2. The topological polar surface area (TPSA) is 108 Å². The first-order valence-corrected chi connectivity index (χ1v) is 12.8. The number of ether oxygens (including phenoxy) is 1. The number of hydrogen-bond acceptors (Lipinski definition) is 5. The summed E-state index contributed by atoms with van der Waals surface area (Å²) in [5, 5.41) is 5.28. The lowest BCUT2D eigenvalue weighted by Gasteiger charge is -2.25. The van der Waals surface area contributed by atoms with Crippen LogP contribution in [0.2, 0.25) is 0 Å². The minimum atomic E-state index is -3.80. The monoisotopic (exact) mass is 470 g/mol. The van der Waals surface area contributed by atoms with Crippen LogP contribution >= 0.6 is 0 Å². The van der Waals surface area contributed by atoms with Crippen LogP contribution in [0.4, 0.5) is 0 Å². The molecular formula is C24H30N4O4S. The SMILES string of the molecule is CCCn1c(CCC(=O)N2CCCC2c2cccc(OC)c2)nc2cc(S(N)(=O)=O)ccc21. The van der Waals surface area contributed by atoms with Crippen molar-refractivity contribution in [3.05, 3.63) is 53.9 Å². The summed E-state index contributed by atoms with van der Waals surface area (Å²) in [7, 11) is -2.16.